The van der Waals surface area contributed by atoms with E-state index in [0.717, 1.165) is 35.0 Å². The van der Waals surface area contributed by atoms with Gasteiger partial charge in [-0.3, -0.25) is 9.59 Å². The summed E-state index contributed by atoms with van der Waals surface area (Å²) in [6.45, 7) is 1.82. The number of thiazole rings is 1. The molecule has 6 heteroatoms. The first-order valence-corrected chi connectivity index (χ1v) is 11.0. The fourth-order valence-electron chi connectivity index (χ4n) is 3.81. The molecule has 4 rings (SSSR count). The van der Waals surface area contributed by atoms with E-state index in [9.17, 15) is 9.59 Å². The number of aromatic nitrogens is 1. The summed E-state index contributed by atoms with van der Waals surface area (Å²) in [6, 6.07) is 14.6. The van der Waals surface area contributed by atoms with Gasteiger partial charge in [0.1, 0.15) is 0 Å². The fraction of sp³-hybridized carbons (Fsp3) is 0.348. The number of aryl methyl sites for hydroxylation is 2. The van der Waals surface area contributed by atoms with Crippen LogP contribution in [0.5, 0.6) is 0 Å². The number of benzene rings is 2. The molecule has 29 heavy (non-hydrogen) atoms. The second-order valence-corrected chi connectivity index (χ2v) is 8.46. The normalized spacial score (nSPS) is 15.7. The molecule has 2 aromatic carbocycles. The van der Waals surface area contributed by atoms with Crippen molar-refractivity contribution in [2.45, 2.75) is 51.5 Å². The predicted molar refractivity (Wildman–Crippen MR) is 117 cm³/mol. The first-order valence-electron chi connectivity index (χ1n) is 10.2. The van der Waals surface area contributed by atoms with Gasteiger partial charge in [-0.25, -0.2) is 4.98 Å². The second kappa shape index (κ2) is 8.74. The van der Waals surface area contributed by atoms with Crippen LogP contribution in [0.1, 0.15) is 55.3 Å². The third kappa shape index (κ3) is 4.65. The summed E-state index contributed by atoms with van der Waals surface area (Å²) in [5.74, 6) is 0.0530. The van der Waals surface area contributed by atoms with Crippen LogP contribution in [0.4, 0.5) is 5.13 Å². The maximum Gasteiger partial charge on any atom is 0.225 e. The molecule has 2 amide bonds. The van der Waals surface area contributed by atoms with Crippen LogP contribution in [0.2, 0.25) is 0 Å². The van der Waals surface area contributed by atoms with Gasteiger partial charge < -0.3 is 10.6 Å². The van der Waals surface area contributed by atoms with Gasteiger partial charge >= 0.3 is 0 Å². The number of carbonyl (C=O) groups excluding carboxylic acids is 2. The Morgan fingerprint density at radius 1 is 1.17 bits per heavy atom. The van der Waals surface area contributed by atoms with Gasteiger partial charge in [0, 0.05) is 12.8 Å². The van der Waals surface area contributed by atoms with Crippen LogP contribution in [0.3, 0.4) is 0 Å². The van der Waals surface area contributed by atoms with Crippen LogP contribution in [-0.2, 0) is 22.4 Å². The van der Waals surface area contributed by atoms with Crippen LogP contribution in [0.25, 0.3) is 10.2 Å². The van der Waals surface area contributed by atoms with Gasteiger partial charge in [-0.05, 0) is 54.5 Å². The van der Waals surface area contributed by atoms with Gasteiger partial charge in [0.2, 0.25) is 11.8 Å². The standard InChI is InChI=1S/C23H25N3O2S/c1-2-21(27)26-23-25-19-12-10-15(14-20(19)29-23)11-13-22(28)24-18-9-5-7-16-6-3-4-8-17(16)18/h3-4,6,8,10,12,14,18H,2,5,7,9,11,13H2,1H3,(H,24,28)(H,25,26,27)/t18-/m0/s1. The van der Waals surface area contributed by atoms with Crippen molar-refractivity contribution in [1.82, 2.24) is 10.3 Å². The first kappa shape index (κ1) is 19.6. The Morgan fingerprint density at radius 2 is 2.03 bits per heavy atom. The molecule has 1 aliphatic rings. The van der Waals surface area contributed by atoms with Crippen LogP contribution in [0, 0.1) is 0 Å². The lowest BCUT2D eigenvalue weighted by atomic mass is 9.87. The Bertz CT molecular complexity index is 1040. The number of fused-ring (bicyclic) bond motifs is 2. The number of nitrogens with zero attached hydrogens (tertiary/aromatic N) is 1. The molecular formula is C23H25N3O2S. The summed E-state index contributed by atoms with van der Waals surface area (Å²) in [4.78, 5) is 28.5. The molecule has 1 heterocycles. The molecule has 0 saturated carbocycles. The summed E-state index contributed by atoms with van der Waals surface area (Å²) in [7, 11) is 0. The van der Waals surface area contributed by atoms with Crippen molar-refractivity contribution in [3.63, 3.8) is 0 Å². The molecule has 0 radical (unpaired) electrons. The average Bonchev–Trinajstić information content (AvgIpc) is 3.14. The molecule has 150 valence electrons. The van der Waals surface area contributed by atoms with Crippen molar-refractivity contribution >= 4 is 38.5 Å². The number of anilines is 1. The molecule has 0 saturated heterocycles. The van der Waals surface area contributed by atoms with Crippen LogP contribution in [-0.4, -0.2) is 16.8 Å². The number of amides is 2. The Balaban J connectivity index is 1.37. The van der Waals surface area contributed by atoms with Crippen molar-refractivity contribution < 1.29 is 9.59 Å². The predicted octanol–water partition coefficient (Wildman–Crippen LogP) is 4.77. The lowest BCUT2D eigenvalue weighted by molar-refractivity contribution is -0.122. The summed E-state index contributed by atoms with van der Waals surface area (Å²) in [5, 5.41) is 6.65. The van der Waals surface area contributed by atoms with Crippen molar-refractivity contribution in [3.05, 3.63) is 59.2 Å². The molecule has 0 spiro atoms. The van der Waals surface area contributed by atoms with Crippen molar-refractivity contribution in [3.8, 4) is 0 Å². The maximum absolute atomic E-state index is 12.5. The SMILES string of the molecule is CCC(=O)Nc1nc2ccc(CCC(=O)N[C@H]3CCCc4ccccc43)cc2s1. The van der Waals surface area contributed by atoms with E-state index in [-0.39, 0.29) is 17.9 Å². The van der Waals surface area contributed by atoms with Crippen molar-refractivity contribution in [1.29, 1.82) is 0 Å². The highest BCUT2D eigenvalue weighted by molar-refractivity contribution is 7.22. The van der Waals surface area contributed by atoms with Gasteiger partial charge in [0.15, 0.2) is 5.13 Å². The van der Waals surface area contributed by atoms with E-state index in [2.05, 4.69) is 39.9 Å². The van der Waals surface area contributed by atoms with E-state index < -0.39 is 0 Å². The lowest BCUT2D eigenvalue weighted by Gasteiger charge is -2.26. The molecule has 1 atom stereocenters. The van der Waals surface area contributed by atoms with E-state index in [4.69, 9.17) is 0 Å². The Morgan fingerprint density at radius 3 is 2.90 bits per heavy atom. The molecule has 3 aromatic rings. The number of rotatable bonds is 6. The number of hydrogen-bond donors (Lipinski definition) is 2. The van der Waals surface area contributed by atoms with Gasteiger partial charge in [-0.2, -0.15) is 0 Å². The second-order valence-electron chi connectivity index (χ2n) is 7.43. The number of hydrogen-bond acceptors (Lipinski definition) is 4. The van der Waals surface area contributed by atoms with E-state index in [1.165, 1.54) is 22.5 Å². The summed E-state index contributed by atoms with van der Waals surface area (Å²) in [6.07, 6.45) is 4.79. The molecule has 0 aliphatic heterocycles. The lowest BCUT2D eigenvalue weighted by Crippen LogP contribution is -2.31. The van der Waals surface area contributed by atoms with E-state index in [1.807, 2.05) is 25.1 Å². The zero-order chi connectivity index (χ0) is 20.2. The van der Waals surface area contributed by atoms with Crippen LogP contribution in [0.15, 0.2) is 42.5 Å². The minimum atomic E-state index is -0.0368. The highest BCUT2D eigenvalue weighted by Crippen LogP contribution is 2.30. The third-order valence-electron chi connectivity index (χ3n) is 5.37. The highest BCUT2D eigenvalue weighted by Gasteiger charge is 2.21. The molecule has 0 bridgehead atoms. The molecule has 0 fully saturated rings. The monoisotopic (exact) mass is 407 g/mol. The summed E-state index contributed by atoms with van der Waals surface area (Å²) < 4.78 is 1.02. The smallest absolute Gasteiger partial charge is 0.225 e. The summed E-state index contributed by atoms with van der Waals surface area (Å²) in [5.41, 5.74) is 4.59. The molecule has 0 unspecified atom stereocenters. The largest absolute Gasteiger partial charge is 0.349 e. The number of carbonyl (C=O) groups is 2. The molecule has 1 aliphatic carbocycles. The quantitative estimate of drug-likeness (QED) is 0.618. The van der Waals surface area contributed by atoms with E-state index in [1.54, 1.807) is 0 Å². The Hall–Kier alpha value is -2.73. The average molecular weight is 408 g/mol. The van der Waals surface area contributed by atoms with Gasteiger partial charge in [0.25, 0.3) is 0 Å². The Kier molecular flexibility index (Phi) is 5.90. The van der Waals surface area contributed by atoms with Gasteiger partial charge in [-0.15, -0.1) is 0 Å². The summed E-state index contributed by atoms with van der Waals surface area (Å²) >= 11 is 1.47. The van der Waals surface area contributed by atoms with Crippen LogP contribution < -0.4 is 10.6 Å². The molecule has 1 aromatic heterocycles. The minimum Gasteiger partial charge on any atom is -0.349 e. The van der Waals surface area contributed by atoms with Crippen molar-refractivity contribution in [2.24, 2.45) is 0 Å². The first-order chi connectivity index (χ1) is 14.1. The molecular weight excluding hydrogens is 382 g/mol. The number of nitrogens with one attached hydrogen (secondary N) is 2. The zero-order valence-corrected chi connectivity index (χ0v) is 17.3. The van der Waals surface area contributed by atoms with Crippen molar-refractivity contribution in [2.75, 3.05) is 5.32 Å². The van der Waals surface area contributed by atoms with E-state index >= 15 is 0 Å². The molecule has 5 nitrogen and oxygen atoms in total. The minimum absolute atomic E-state index is 0.0368. The highest BCUT2D eigenvalue weighted by atomic mass is 32.1. The Labute approximate surface area is 174 Å². The maximum atomic E-state index is 12.5. The zero-order valence-electron chi connectivity index (χ0n) is 16.5. The van der Waals surface area contributed by atoms with Crippen LogP contribution >= 0.6 is 11.3 Å². The topological polar surface area (TPSA) is 71.1 Å². The van der Waals surface area contributed by atoms with Gasteiger partial charge in [0.05, 0.1) is 16.3 Å². The van der Waals surface area contributed by atoms with Gasteiger partial charge in [-0.1, -0.05) is 48.6 Å². The molecule has 2 N–H and O–H groups in total. The fourth-order valence-corrected chi connectivity index (χ4v) is 4.76. The van der Waals surface area contributed by atoms with E-state index in [0.29, 0.717) is 24.4 Å². The third-order valence-corrected chi connectivity index (χ3v) is 6.30.